The number of methoxy groups -OCH3 is 1. The monoisotopic (exact) mass is 446 g/mol. The Bertz CT molecular complexity index is 1150. The lowest BCUT2D eigenvalue weighted by Gasteiger charge is -2.27. The summed E-state index contributed by atoms with van der Waals surface area (Å²) in [6.45, 7) is 5.15. The number of fused-ring (bicyclic) bond motifs is 1. The molecule has 2 heterocycles. The van der Waals surface area contributed by atoms with Crippen LogP contribution in [0.5, 0.6) is 5.75 Å². The SMILES string of the molecule is COc1ccc2c(=O)c(C)c(-c3ccc([N+](=O)[O-])cc3)oc2c1CN1CCOCC1.Cl. The first-order valence-corrected chi connectivity index (χ1v) is 9.68. The van der Waals surface area contributed by atoms with Crippen LogP contribution in [0.4, 0.5) is 5.69 Å². The summed E-state index contributed by atoms with van der Waals surface area (Å²) in [5, 5.41) is 11.4. The second-order valence-electron chi connectivity index (χ2n) is 7.20. The van der Waals surface area contributed by atoms with Crippen molar-refractivity contribution in [3.8, 4) is 17.1 Å². The molecule has 0 saturated carbocycles. The maximum absolute atomic E-state index is 13.1. The first-order chi connectivity index (χ1) is 14.5. The van der Waals surface area contributed by atoms with Crippen molar-refractivity contribution in [2.24, 2.45) is 0 Å². The average molecular weight is 447 g/mol. The molecule has 8 nitrogen and oxygen atoms in total. The normalized spacial score (nSPS) is 14.3. The Labute approximate surface area is 184 Å². The van der Waals surface area contributed by atoms with Crippen molar-refractivity contribution >= 4 is 29.1 Å². The number of nitro groups is 1. The highest BCUT2D eigenvalue weighted by atomic mass is 35.5. The quantitative estimate of drug-likeness (QED) is 0.432. The average Bonchev–Trinajstić information content (AvgIpc) is 2.77. The van der Waals surface area contributed by atoms with Gasteiger partial charge in [-0.05, 0) is 31.2 Å². The van der Waals surface area contributed by atoms with Gasteiger partial charge in [0.05, 0.1) is 36.2 Å². The predicted molar refractivity (Wildman–Crippen MR) is 119 cm³/mol. The molecule has 0 radical (unpaired) electrons. The van der Waals surface area contributed by atoms with Gasteiger partial charge in [0.25, 0.3) is 5.69 Å². The van der Waals surface area contributed by atoms with E-state index in [4.69, 9.17) is 13.9 Å². The lowest BCUT2D eigenvalue weighted by atomic mass is 10.0. The molecule has 0 unspecified atom stereocenters. The van der Waals surface area contributed by atoms with E-state index in [0.29, 0.717) is 53.4 Å². The first-order valence-electron chi connectivity index (χ1n) is 9.68. The molecule has 3 aromatic rings. The van der Waals surface area contributed by atoms with Crippen LogP contribution in [0.25, 0.3) is 22.3 Å². The van der Waals surface area contributed by atoms with Crippen molar-refractivity contribution in [3.63, 3.8) is 0 Å². The molecule has 4 rings (SSSR count). The highest BCUT2D eigenvalue weighted by molar-refractivity contribution is 5.85. The van der Waals surface area contributed by atoms with Crippen molar-refractivity contribution in [2.45, 2.75) is 13.5 Å². The fourth-order valence-corrected chi connectivity index (χ4v) is 3.72. The number of hydrogen-bond acceptors (Lipinski definition) is 7. The Morgan fingerprint density at radius 1 is 1.13 bits per heavy atom. The highest BCUT2D eigenvalue weighted by Gasteiger charge is 2.21. The van der Waals surface area contributed by atoms with Gasteiger partial charge in [-0.1, -0.05) is 0 Å². The van der Waals surface area contributed by atoms with Crippen molar-refractivity contribution in [1.82, 2.24) is 4.90 Å². The summed E-state index contributed by atoms with van der Waals surface area (Å²) >= 11 is 0. The molecule has 1 aromatic heterocycles. The van der Waals surface area contributed by atoms with E-state index in [1.54, 1.807) is 38.3 Å². The van der Waals surface area contributed by atoms with Gasteiger partial charge in [0.1, 0.15) is 17.1 Å². The Morgan fingerprint density at radius 2 is 1.81 bits per heavy atom. The number of benzene rings is 2. The molecule has 1 aliphatic rings. The van der Waals surface area contributed by atoms with Crippen LogP contribution in [-0.2, 0) is 11.3 Å². The van der Waals surface area contributed by atoms with Crippen LogP contribution in [-0.4, -0.2) is 43.2 Å². The molecule has 1 aliphatic heterocycles. The predicted octanol–water partition coefficient (Wildman–Crippen LogP) is 3.94. The minimum absolute atomic E-state index is 0. The number of morpholine rings is 1. The van der Waals surface area contributed by atoms with E-state index in [0.717, 1.165) is 18.7 Å². The number of ether oxygens (including phenoxy) is 2. The Hall–Kier alpha value is -2.94. The maximum Gasteiger partial charge on any atom is 0.269 e. The van der Waals surface area contributed by atoms with Crippen LogP contribution in [0, 0.1) is 17.0 Å². The third-order valence-corrected chi connectivity index (χ3v) is 5.39. The van der Waals surface area contributed by atoms with Crippen molar-refractivity contribution in [2.75, 3.05) is 33.4 Å². The van der Waals surface area contributed by atoms with E-state index in [2.05, 4.69) is 4.90 Å². The molecule has 164 valence electrons. The molecule has 0 amide bonds. The summed E-state index contributed by atoms with van der Waals surface area (Å²) in [4.78, 5) is 25.8. The molecule has 9 heteroatoms. The van der Waals surface area contributed by atoms with E-state index in [-0.39, 0.29) is 23.5 Å². The number of hydrogen-bond donors (Lipinski definition) is 0. The van der Waals surface area contributed by atoms with E-state index >= 15 is 0 Å². The van der Waals surface area contributed by atoms with Gasteiger partial charge in [-0.25, -0.2) is 0 Å². The van der Waals surface area contributed by atoms with Crippen LogP contribution < -0.4 is 10.2 Å². The Balaban J connectivity index is 0.00000272. The zero-order valence-electron chi connectivity index (χ0n) is 17.3. The van der Waals surface area contributed by atoms with Crippen LogP contribution in [0.1, 0.15) is 11.1 Å². The fourth-order valence-electron chi connectivity index (χ4n) is 3.72. The van der Waals surface area contributed by atoms with Crippen LogP contribution in [0.15, 0.2) is 45.6 Å². The van der Waals surface area contributed by atoms with Gasteiger partial charge in [-0.15, -0.1) is 12.4 Å². The lowest BCUT2D eigenvalue weighted by Crippen LogP contribution is -2.35. The van der Waals surface area contributed by atoms with E-state index in [1.807, 2.05) is 0 Å². The molecule has 1 fully saturated rings. The molecular weight excluding hydrogens is 424 g/mol. The smallest absolute Gasteiger partial charge is 0.269 e. The van der Waals surface area contributed by atoms with Gasteiger partial charge in [-0.2, -0.15) is 0 Å². The number of non-ortho nitro benzene ring substituents is 1. The molecule has 0 bridgehead atoms. The van der Waals surface area contributed by atoms with Gasteiger partial charge < -0.3 is 13.9 Å². The Morgan fingerprint density at radius 3 is 2.42 bits per heavy atom. The summed E-state index contributed by atoms with van der Waals surface area (Å²) in [6.07, 6.45) is 0. The molecule has 31 heavy (non-hydrogen) atoms. The Kier molecular flexibility index (Phi) is 6.94. The highest BCUT2D eigenvalue weighted by Crippen LogP contribution is 2.33. The second kappa shape index (κ2) is 9.47. The van der Waals surface area contributed by atoms with Crippen LogP contribution in [0.2, 0.25) is 0 Å². The maximum atomic E-state index is 13.1. The van der Waals surface area contributed by atoms with Crippen molar-refractivity contribution < 1.29 is 18.8 Å². The molecule has 0 atom stereocenters. The summed E-state index contributed by atoms with van der Waals surface area (Å²) in [5.74, 6) is 1.05. The third-order valence-electron chi connectivity index (χ3n) is 5.39. The second-order valence-corrected chi connectivity index (χ2v) is 7.20. The number of rotatable bonds is 5. The topological polar surface area (TPSA) is 95.0 Å². The van der Waals surface area contributed by atoms with Gasteiger partial charge in [-0.3, -0.25) is 19.8 Å². The number of nitrogens with zero attached hydrogens (tertiary/aromatic N) is 2. The van der Waals surface area contributed by atoms with E-state index < -0.39 is 4.92 Å². The van der Waals surface area contributed by atoms with Crippen LogP contribution in [0.3, 0.4) is 0 Å². The number of nitro benzene ring substituents is 1. The summed E-state index contributed by atoms with van der Waals surface area (Å²) in [7, 11) is 1.59. The van der Waals surface area contributed by atoms with Crippen molar-refractivity contribution in [1.29, 1.82) is 0 Å². The zero-order chi connectivity index (χ0) is 21.3. The minimum Gasteiger partial charge on any atom is -0.496 e. The molecule has 2 aromatic carbocycles. The zero-order valence-corrected chi connectivity index (χ0v) is 18.1. The standard InChI is InChI=1S/C22H22N2O6.ClH/c1-14-20(25)17-7-8-19(28-2)18(13-23-9-11-29-12-10-23)22(17)30-21(14)15-3-5-16(6-4-15)24(26)27;/h3-8H,9-13H2,1-2H3;1H. The largest absolute Gasteiger partial charge is 0.496 e. The molecule has 0 aliphatic carbocycles. The molecule has 0 N–H and O–H groups in total. The van der Waals surface area contributed by atoms with E-state index in [1.165, 1.54) is 12.1 Å². The van der Waals surface area contributed by atoms with Gasteiger partial charge >= 0.3 is 0 Å². The lowest BCUT2D eigenvalue weighted by molar-refractivity contribution is -0.384. The van der Waals surface area contributed by atoms with Crippen molar-refractivity contribution in [3.05, 3.63) is 67.9 Å². The minimum atomic E-state index is -0.460. The van der Waals surface area contributed by atoms with Crippen LogP contribution >= 0.6 is 12.4 Å². The van der Waals surface area contributed by atoms with Gasteiger partial charge in [0, 0.05) is 42.9 Å². The first kappa shape index (κ1) is 22.7. The third kappa shape index (κ3) is 4.41. The number of halogens is 1. The van der Waals surface area contributed by atoms with Gasteiger partial charge in [0.2, 0.25) is 0 Å². The van der Waals surface area contributed by atoms with Gasteiger partial charge in [0.15, 0.2) is 5.43 Å². The molecule has 0 spiro atoms. The molecule has 1 saturated heterocycles. The fraction of sp³-hybridized carbons (Fsp3) is 0.318. The summed E-state index contributed by atoms with van der Waals surface area (Å²) < 4.78 is 17.3. The summed E-state index contributed by atoms with van der Waals surface area (Å²) in [5.41, 5.74) is 2.20. The van der Waals surface area contributed by atoms with E-state index in [9.17, 15) is 14.9 Å². The molecular formula is C22H23ClN2O6. The summed E-state index contributed by atoms with van der Waals surface area (Å²) in [6, 6.07) is 9.50.